The van der Waals surface area contributed by atoms with Crippen molar-refractivity contribution in [3.05, 3.63) is 29.3 Å². The number of nitrogens with zero attached hydrogens (tertiary/aromatic N) is 1. The van der Waals surface area contributed by atoms with Crippen LogP contribution in [-0.4, -0.2) is 30.4 Å². The van der Waals surface area contributed by atoms with Gasteiger partial charge in [0.05, 0.1) is 0 Å². The second-order valence-corrected chi connectivity index (χ2v) is 8.03. The standard InChI is InChI=1S/C20H31N3O2.ClH/c1-13(2)11-20(5,12-21)22-18(24)17-6-7-23(19(17)25)16-9-14(3)8-15(4)10-16;/h8-10,13,17H,6-7,11-12,21H2,1-5H3,(H,22,24);1H. The van der Waals surface area contributed by atoms with Gasteiger partial charge in [0.2, 0.25) is 11.8 Å². The number of nitrogens with one attached hydrogen (secondary N) is 1. The Morgan fingerprint density at radius 3 is 2.38 bits per heavy atom. The number of nitrogens with two attached hydrogens (primary N) is 1. The molecule has 1 aliphatic heterocycles. The van der Waals surface area contributed by atoms with Crippen LogP contribution in [0, 0.1) is 25.7 Å². The highest BCUT2D eigenvalue weighted by Gasteiger charge is 2.40. The number of anilines is 1. The molecule has 0 spiro atoms. The summed E-state index contributed by atoms with van der Waals surface area (Å²) >= 11 is 0. The SMILES string of the molecule is Cc1cc(C)cc(N2CCC(C(=O)NC(C)(CN)CC(C)C)C2=O)c1.Cl. The Labute approximate surface area is 163 Å². The molecule has 1 aromatic rings. The molecule has 2 atom stereocenters. The summed E-state index contributed by atoms with van der Waals surface area (Å²) in [6.07, 6.45) is 1.33. The van der Waals surface area contributed by atoms with Crippen molar-refractivity contribution >= 4 is 29.9 Å². The molecule has 6 heteroatoms. The van der Waals surface area contributed by atoms with E-state index in [0.29, 0.717) is 25.4 Å². The van der Waals surface area contributed by atoms with Gasteiger partial charge in [-0.3, -0.25) is 9.59 Å². The molecule has 1 saturated heterocycles. The number of aryl methyl sites for hydroxylation is 2. The lowest BCUT2D eigenvalue weighted by Crippen LogP contribution is -2.54. The number of carbonyl (C=O) groups is 2. The first-order chi connectivity index (χ1) is 11.6. The summed E-state index contributed by atoms with van der Waals surface area (Å²) in [4.78, 5) is 27.2. The van der Waals surface area contributed by atoms with Gasteiger partial charge in [0, 0.05) is 24.3 Å². The van der Waals surface area contributed by atoms with E-state index in [0.717, 1.165) is 23.2 Å². The number of carbonyl (C=O) groups excluding carboxylic acids is 2. The normalized spacial score (nSPS) is 19.3. The Hall–Kier alpha value is -1.59. The van der Waals surface area contributed by atoms with Crippen LogP contribution in [0.4, 0.5) is 5.69 Å². The third-order valence-corrected chi connectivity index (χ3v) is 4.77. The third kappa shape index (κ3) is 5.21. The van der Waals surface area contributed by atoms with Gasteiger partial charge in [-0.05, 0) is 62.8 Å². The van der Waals surface area contributed by atoms with E-state index in [2.05, 4.69) is 25.2 Å². The fraction of sp³-hybridized carbons (Fsp3) is 0.600. The van der Waals surface area contributed by atoms with Crippen LogP contribution in [0.25, 0.3) is 0 Å². The Morgan fingerprint density at radius 1 is 1.31 bits per heavy atom. The Kier molecular flexibility index (Phi) is 7.66. The third-order valence-electron chi connectivity index (χ3n) is 4.77. The summed E-state index contributed by atoms with van der Waals surface area (Å²) < 4.78 is 0. The van der Waals surface area contributed by atoms with Crippen molar-refractivity contribution in [3.63, 3.8) is 0 Å². The van der Waals surface area contributed by atoms with E-state index in [1.165, 1.54) is 0 Å². The first kappa shape index (κ1) is 22.5. The van der Waals surface area contributed by atoms with Crippen molar-refractivity contribution in [2.45, 2.75) is 53.0 Å². The first-order valence-electron chi connectivity index (χ1n) is 9.07. The molecule has 1 aromatic carbocycles. The molecular formula is C20H32ClN3O2. The first-order valence-corrected chi connectivity index (χ1v) is 9.07. The molecule has 0 aliphatic carbocycles. The highest BCUT2D eigenvalue weighted by atomic mass is 35.5. The zero-order valence-electron chi connectivity index (χ0n) is 16.5. The molecule has 0 saturated carbocycles. The predicted octanol–water partition coefficient (Wildman–Crippen LogP) is 2.96. The molecule has 26 heavy (non-hydrogen) atoms. The van der Waals surface area contributed by atoms with E-state index < -0.39 is 11.5 Å². The average Bonchev–Trinajstić information content (AvgIpc) is 2.87. The van der Waals surface area contributed by atoms with Gasteiger partial charge in [0.25, 0.3) is 0 Å². The number of halogens is 1. The van der Waals surface area contributed by atoms with Crippen LogP contribution in [0.5, 0.6) is 0 Å². The minimum Gasteiger partial charge on any atom is -0.349 e. The number of hydrogen-bond acceptors (Lipinski definition) is 3. The molecule has 5 nitrogen and oxygen atoms in total. The fourth-order valence-corrected chi connectivity index (χ4v) is 3.76. The molecule has 2 rings (SSSR count). The van der Waals surface area contributed by atoms with Crippen molar-refractivity contribution in [2.75, 3.05) is 18.0 Å². The fourth-order valence-electron chi connectivity index (χ4n) is 3.76. The number of rotatable bonds is 6. The second-order valence-electron chi connectivity index (χ2n) is 8.03. The lowest BCUT2D eigenvalue weighted by Gasteiger charge is -2.32. The topological polar surface area (TPSA) is 75.4 Å². The van der Waals surface area contributed by atoms with E-state index >= 15 is 0 Å². The Balaban J connectivity index is 0.00000338. The summed E-state index contributed by atoms with van der Waals surface area (Å²) in [7, 11) is 0. The molecule has 2 unspecified atom stereocenters. The summed E-state index contributed by atoms with van der Waals surface area (Å²) in [6.45, 7) is 11.1. The van der Waals surface area contributed by atoms with Crippen LogP contribution in [0.1, 0.15) is 44.7 Å². The van der Waals surface area contributed by atoms with E-state index in [1.54, 1.807) is 4.90 Å². The van der Waals surface area contributed by atoms with Crippen molar-refractivity contribution in [2.24, 2.45) is 17.6 Å². The zero-order valence-corrected chi connectivity index (χ0v) is 17.3. The van der Waals surface area contributed by atoms with E-state index in [4.69, 9.17) is 5.73 Å². The molecule has 0 aromatic heterocycles. The molecule has 146 valence electrons. The van der Waals surface area contributed by atoms with Crippen LogP contribution in [-0.2, 0) is 9.59 Å². The zero-order chi connectivity index (χ0) is 18.8. The summed E-state index contributed by atoms with van der Waals surface area (Å²) in [5.74, 6) is -0.532. The Bertz CT molecular complexity index is 642. The molecule has 1 aliphatic rings. The van der Waals surface area contributed by atoms with Gasteiger partial charge in [-0.15, -0.1) is 12.4 Å². The van der Waals surface area contributed by atoms with E-state index in [9.17, 15) is 9.59 Å². The number of amides is 2. The monoisotopic (exact) mass is 381 g/mol. The maximum absolute atomic E-state index is 12.8. The summed E-state index contributed by atoms with van der Waals surface area (Å²) in [6, 6.07) is 6.06. The van der Waals surface area contributed by atoms with Gasteiger partial charge < -0.3 is 16.0 Å². The minimum atomic E-state index is -0.626. The van der Waals surface area contributed by atoms with Crippen LogP contribution in [0.2, 0.25) is 0 Å². The van der Waals surface area contributed by atoms with E-state index in [-0.39, 0.29) is 24.2 Å². The molecule has 3 N–H and O–H groups in total. The molecule has 0 radical (unpaired) electrons. The minimum absolute atomic E-state index is 0. The largest absolute Gasteiger partial charge is 0.349 e. The van der Waals surface area contributed by atoms with Crippen LogP contribution in [0.3, 0.4) is 0 Å². The van der Waals surface area contributed by atoms with Gasteiger partial charge in [-0.2, -0.15) is 0 Å². The molecular weight excluding hydrogens is 350 g/mol. The summed E-state index contributed by atoms with van der Waals surface area (Å²) in [5, 5.41) is 3.03. The van der Waals surface area contributed by atoms with Gasteiger partial charge >= 0.3 is 0 Å². The molecule has 1 fully saturated rings. The molecule has 0 bridgehead atoms. The van der Waals surface area contributed by atoms with Crippen molar-refractivity contribution in [3.8, 4) is 0 Å². The maximum Gasteiger partial charge on any atom is 0.239 e. The highest BCUT2D eigenvalue weighted by Crippen LogP contribution is 2.28. The van der Waals surface area contributed by atoms with Crippen LogP contribution in [0.15, 0.2) is 18.2 Å². The van der Waals surface area contributed by atoms with Gasteiger partial charge in [-0.25, -0.2) is 0 Å². The highest BCUT2D eigenvalue weighted by molar-refractivity contribution is 6.09. The maximum atomic E-state index is 12.8. The second kappa shape index (κ2) is 8.87. The predicted molar refractivity (Wildman–Crippen MR) is 109 cm³/mol. The van der Waals surface area contributed by atoms with Gasteiger partial charge in [-0.1, -0.05) is 19.9 Å². The molecule has 2 amide bonds. The molecule has 1 heterocycles. The van der Waals surface area contributed by atoms with Gasteiger partial charge in [0.15, 0.2) is 0 Å². The van der Waals surface area contributed by atoms with Crippen LogP contribution >= 0.6 is 12.4 Å². The lowest BCUT2D eigenvalue weighted by molar-refractivity contribution is -0.133. The van der Waals surface area contributed by atoms with E-state index in [1.807, 2.05) is 32.9 Å². The lowest BCUT2D eigenvalue weighted by atomic mass is 9.90. The van der Waals surface area contributed by atoms with Crippen LogP contribution < -0.4 is 16.0 Å². The number of hydrogen-bond donors (Lipinski definition) is 2. The quantitative estimate of drug-likeness (QED) is 0.744. The number of benzene rings is 1. The van der Waals surface area contributed by atoms with Crippen molar-refractivity contribution < 1.29 is 9.59 Å². The summed E-state index contributed by atoms with van der Waals surface area (Å²) in [5.41, 5.74) is 8.51. The van der Waals surface area contributed by atoms with Crippen molar-refractivity contribution in [1.29, 1.82) is 0 Å². The Morgan fingerprint density at radius 2 is 1.88 bits per heavy atom. The van der Waals surface area contributed by atoms with Crippen molar-refractivity contribution in [1.82, 2.24) is 5.32 Å². The van der Waals surface area contributed by atoms with Gasteiger partial charge in [0.1, 0.15) is 5.92 Å². The average molecular weight is 382 g/mol. The smallest absolute Gasteiger partial charge is 0.239 e.